The van der Waals surface area contributed by atoms with Crippen LogP contribution < -0.4 is 9.47 Å². The summed E-state index contributed by atoms with van der Waals surface area (Å²) in [6, 6.07) is 20.4. The van der Waals surface area contributed by atoms with Crippen LogP contribution in [0.15, 0.2) is 60.7 Å². The number of methoxy groups -OCH3 is 1. The van der Waals surface area contributed by atoms with E-state index in [-0.39, 0.29) is 11.9 Å². The summed E-state index contributed by atoms with van der Waals surface area (Å²) in [6.07, 6.45) is 3.25. The smallest absolute Gasteiger partial charge is 0.165 e. The predicted octanol–water partition coefficient (Wildman–Crippen LogP) is 6.65. The molecule has 3 nitrogen and oxygen atoms in total. The maximum Gasteiger partial charge on any atom is 0.165 e. The molecule has 4 heteroatoms. The number of halogens is 1. The summed E-state index contributed by atoms with van der Waals surface area (Å²) in [4.78, 5) is 2.27. The summed E-state index contributed by atoms with van der Waals surface area (Å²) < 4.78 is 25.2. The molecule has 0 spiro atoms. The van der Waals surface area contributed by atoms with Crippen LogP contribution in [-0.2, 0) is 6.54 Å². The number of benzene rings is 3. The number of hydrogen-bond donors (Lipinski definition) is 0. The molecule has 3 aromatic carbocycles. The van der Waals surface area contributed by atoms with Gasteiger partial charge >= 0.3 is 0 Å². The Kier molecular flexibility index (Phi) is 7.34. The van der Waals surface area contributed by atoms with Gasteiger partial charge in [-0.05, 0) is 87.2 Å². The number of para-hydroxylation sites is 1. The van der Waals surface area contributed by atoms with Gasteiger partial charge in [-0.25, -0.2) is 4.39 Å². The van der Waals surface area contributed by atoms with E-state index in [2.05, 4.69) is 68.3 Å². The summed E-state index contributed by atoms with van der Waals surface area (Å²) in [5.74, 6) is 1.36. The molecule has 0 bridgehead atoms. The predicted molar refractivity (Wildman–Crippen MR) is 132 cm³/mol. The van der Waals surface area contributed by atoms with Crippen molar-refractivity contribution in [3.05, 3.63) is 94.3 Å². The molecule has 2 atom stereocenters. The molecular weight excluding hydrogens is 413 g/mol. The lowest BCUT2D eigenvalue weighted by Gasteiger charge is -2.33. The molecule has 1 aliphatic rings. The van der Waals surface area contributed by atoms with Gasteiger partial charge in [0.05, 0.1) is 13.2 Å². The third kappa shape index (κ3) is 5.56. The van der Waals surface area contributed by atoms with Crippen molar-refractivity contribution in [2.24, 2.45) is 0 Å². The molecule has 0 amide bonds. The van der Waals surface area contributed by atoms with Crippen LogP contribution in [0.2, 0.25) is 0 Å². The Balaban J connectivity index is 1.38. The largest absolute Gasteiger partial charge is 0.494 e. The van der Waals surface area contributed by atoms with E-state index < -0.39 is 0 Å². The van der Waals surface area contributed by atoms with Crippen LogP contribution in [0.1, 0.15) is 53.0 Å². The van der Waals surface area contributed by atoms with Crippen LogP contribution in [0.4, 0.5) is 4.39 Å². The van der Waals surface area contributed by atoms with Crippen LogP contribution >= 0.6 is 0 Å². The Morgan fingerprint density at radius 1 is 1.03 bits per heavy atom. The van der Waals surface area contributed by atoms with Gasteiger partial charge in [0.2, 0.25) is 0 Å². The molecule has 4 rings (SSSR count). The Morgan fingerprint density at radius 2 is 1.85 bits per heavy atom. The SMILES string of the molecule is COc1cc(CN(C)CCCC2CC(c3ccc(C)c(C)c3)c3ccccc3O2)ccc1F. The highest BCUT2D eigenvalue weighted by atomic mass is 19.1. The molecule has 174 valence electrons. The topological polar surface area (TPSA) is 21.7 Å². The van der Waals surface area contributed by atoms with Gasteiger partial charge in [-0.15, -0.1) is 0 Å². The van der Waals surface area contributed by atoms with E-state index in [0.717, 1.165) is 43.7 Å². The second-order valence-corrected chi connectivity index (χ2v) is 9.26. The van der Waals surface area contributed by atoms with Crippen molar-refractivity contribution in [1.82, 2.24) is 4.90 Å². The van der Waals surface area contributed by atoms with Gasteiger partial charge in [0.15, 0.2) is 11.6 Å². The molecule has 0 saturated carbocycles. The Bertz CT molecular complexity index is 1100. The highest BCUT2D eigenvalue weighted by Crippen LogP contribution is 2.41. The third-order valence-corrected chi connectivity index (χ3v) is 6.75. The van der Waals surface area contributed by atoms with Gasteiger partial charge in [-0.1, -0.05) is 42.5 Å². The lowest BCUT2D eigenvalue weighted by atomic mass is 9.82. The Labute approximate surface area is 197 Å². The van der Waals surface area contributed by atoms with Gasteiger partial charge in [-0.3, -0.25) is 0 Å². The zero-order valence-electron chi connectivity index (χ0n) is 20.1. The Hall–Kier alpha value is -2.85. The van der Waals surface area contributed by atoms with E-state index in [1.54, 1.807) is 6.07 Å². The van der Waals surface area contributed by atoms with Gasteiger partial charge in [0, 0.05) is 18.0 Å². The number of hydrogen-bond acceptors (Lipinski definition) is 3. The molecule has 0 aromatic heterocycles. The molecule has 0 fully saturated rings. The Morgan fingerprint density at radius 3 is 2.64 bits per heavy atom. The average Bonchev–Trinajstić information content (AvgIpc) is 2.81. The lowest BCUT2D eigenvalue weighted by Crippen LogP contribution is -2.28. The summed E-state index contributed by atoms with van der Waals surface area (Å²) in [5, 5.41) is 0. The van der Waals surface area contributed by atoms with Crippen molar-refractivity contribution in [2.45, 2.75) is 51.7 Å². The maximum absolute atomic E-state index is 13.7. The first kappa shape index (κ1) is 23.3. The summed E-state index contributed by atoms with van der Waals surface area (Å²) in [5.41, 5.74) is 6.39. The molecule has 1 aliphatic heterocycles. The van der Waals surface area contributed by atoms with E-state index in [4.69, 9.17) is 9.47 Å². The average molecular weight is 448 g/mol. The molecule has 0 radical (unpaired) electrons. The van der Waals surface area contributed by atoms with E-state index in [1.165, 1.54) is 35.4 Å². The summed E-state index contributed by atoms with van der Waals surface area (Å²) in [7, 11) is 3.60. The fourth-order valence-corrected chi connectivity index (χ4v) is 4.75. The fraction of sp³-hybridized carbons (Fsp3) is 0.379. The zero-order valence-corrected chi connectivity index (χ0v) is 20.1. The first-order valence-corrected chi connectivity index (χ1v) is 11.8. The van der Waals surface area contributed by atoms with E-state index in [9.17, 15) is 4.39 Å². The minimum absolute atomic E-state index is 0.200. The molecule has 0 aliphatic carbocycles. The second-order valence-electron chi connectivity index (χ2n) is 9.26. The van der Waals surface area contributed by atoms with E-state index in [1.807, 2.05) is 6.07 Å². The van der Waals surface area contributed by atoms with Crippen LogP contribution in [0.3, 0.4) is 0 Å². The van der Waals surface area contributed by atoms with Crippen LogP contribution in [0.5, 0.6) is 11.5 Å². The second kappa shape index (κ2) is 10.4. The van der Waals surface area contributed by atoms with Crippen molar-refractivity contribution in [3.63, 3.8) is 0 Å². The summed E-state index contributed by atoms with van der Waals surface area (Å²) in [6.45, 7) is 6.07. The number of fused-ring (bicyclic) bond motifs is 1. The van der Waals surface area contributed by atoms with Crippen molar-refractivity contribution in [3.8, 4) is 11.5 Å². The van der Waals surface area contributed by atoms with Gasteiger partial charge in [-0.2, -0.15) is 0 Å². The molecule has 1 heterocycles. The normalized spacial score (nSPS) is 17.5. The maximum atomic E-state index is 13.7. The van der Waals surface area contributed by atoms with Crippen molar-refractivity contribution in [1.29, 1.82) is 0 Å². The molecular formula is C29H34FNO2. The quantitative estimate of drug-likeness (QED) is 0.386. The molecule has 33 heavy (non-hydrogen) atoms. The van der Waals surface area contributed by atoms with Gasteiger partial charge in [0.25, 0.3) is 0 Å². The minimum atomic E-state index is -0.322. The monoisotopic (exact) mass is 447 g/mol. The highest BCUT2D eigenvalue weighted by Gasteiger charge is 2.29. The highest BCUT2D eigenvalue weighted by molar-refractivity contribution is 5.45. The first-order chi connectivity index (χ1) is 15.9. The van der Waals surface area contributed by atoms with Crippen molar-refractivity contribution < 1.29 is 13.9 Å². The van der Waals surface area contributed by atoms with Gasteiger partial charge in [0.1, 0.15) is 5.75 Å². The van der Waals surface area contributed by atoms with Gasteiger partial charge < -0.3 is 14.4 Å². The number of aryl methyl sites for hydroxylation is 2. The zero-order chi connectivity index (χ0) is 23.4. The van der Waals surface area contributed by atoms with Crippen LogP contribution in [0.25, 0.3) is 0 Å². The lowest BCUT2D eigenvalue weighted by molar-refractivity contribution is 0.147. The van der Waals surface area contributed by atoms with E-state index >= 15 is 0 Å². The number of ether oxygens (including phenoxy) is 2. The number of nitrogens with zero attached hydrogens (tertiary/aromatic N) is 1. The third-order valence-electron chi connectivity index (χ3n) is 6.75. The molecule has 0 saturated heterocycles. The molecule has 3 aromatic rings. The first-order valence-electron chi connectivity index (χ1n) is 11.8. The molecule has 0 N–H and O–H groups in total. The van der Waals surface area contributed by atoms with Crippen LogP contribution in [0, 0.1) is 19.7 Å². The van der Waals surface area contributed by atoms with Crippen molar-refractivity contribution >= 4 is 0 Å². The summed E-state index contributed by atoms with van der Waals surface area (Å²) >= 11 is 0. The fourth-order valence-electron chi connectivity index (χ4n) is 4.75. The minimum Gasteiger partial charge on any atom is -0.494 e. The number of rotatable bonds is 8. The van der Waals surface area contributed by atoms with Crippen molar-refractivity contribution in [2.75, 3.05) is 20.7 Å². The molecule has 2 unspecified atom stereocenters. The standard InChI is InChI=1S/C29H34FNO2/c1-20-11-13-23(16-21(20)2)26-18-24(33-28-10-6-5-9-25(26)28)8-7-15-31(3)19-22-12-14-27(30)29(17-22)32-4/h5-6,9-14,16-17,24,26H,7-8,15,18-19H2,1-4H3. The van der Waals surface area contributed by atoms with E-state index in [0.29, 0.717) is 11.7 Å². The van der Waals surface area contributed by atoms with Crippen LogP contribution in [-0.4, -0.2) is 31.7 Å².